The van der Waals surface area contributed by atoms with Crippen LogP contribution in [0.15, 0.2) is 29.5 Å². The van der Waals surface area contributed by atoms with Crippen LogP contribution in [0.4, 0.5) is 5.69 Å². The first-order valence-electron chi connectivity index (χ1n) is 7.92. The van der Waals surface area contributed by atoms with Crippen LogP contribution in [0.2, 0.25) is 0 Å². The monoisotopic (exact) mass is 299 g/mol. The molecule has 4 nitrogen and oxygen atoms in total. The number of anilines is 1. The lowest BCUT2D eigenvalue weighted by atomic mass is 9.75. The number of nitrogens with zero attached hydrogens (tertiary/aromatic N) is 1. The fourth-order valence-corrected chi connectivity index (χ4v) is 3.30. The first kappa shape index (κ1) is 14.9. The molecule has 0 saturated carbocycles. The van der Waals surface area contributed by atoms with E-state index in [2.05, 4.69) is 31.9 Å². The molecule has 1 aromatic carbocycles. The Morgan fingerprint density at radius 1 is 1.36 bits per heavy atom. The van der Waals surface area contributed by atoms with Gasteiger partial charge in [-0.3, -0.25) is 5.41 Å². The fraction of sp³-hybridized carbons (Fsp3) is 0.500. The zero-order valence-corrected chi connectivity index (χ0v) is 13.7. The van der Waals surface area contributed by atoms with Gasteiger partial charge >= 0.3 is 0 Å². The molecule has 1 heterocycles. The van der Waals surface area contributed by atoms with Crippen LogP contribution in [-0.2, 0) is 0 Å². The molecule has 3 N–H and O–H groups in total. The van der Waals surface area contributed by atoms with Gasteiger partial charge in [0.05, 0.1) is 17.9 Å². The summed E-state index contributed by atoms with van der Waals surface area (Å²) in [6.07, 6.45) is 2.85. The van der Waals surface area contributed by atoms with Crippen molar-refractivity contribution in [2.75, 3.05) is 25.1 Å². The number of allylic oxidation sites excluding steroid dienone is 2. The molecule has 0 atom stereocenters. The van der Waals surface area contributed by atoms with Gasteiger partial charge in [-0.1, -0.05) is 13.8 Å². The Morgan fingerprint density at radius 3 is 2.86 bits per heavy atom. The molecule has 0 bridgehead atoms. The number of hydrogen-bond donors (Lipinski definition) is 2. The standard InChI is InChI=1S/C18H25N3O/c1-18(2)7-6-13(14(19)11-18)17(20)12-4-5-16-15(10-12)21(3)8-9-22-16/h4-5,10,20H,6-9,11,19H2,1-3H3. The summed E-state index contributed by atoms with van der Waals surface area (Å²) in [4.78, 5) is 2.18. The molecule has 0 radical (unpaired) electrons. The second kappa shape index (κ2) is 5.34. The average Bonchev–Trinajstić information content (AvgIpc) is 2.46. The van der Waals surface area contributed by atoms with Gasteiger partial charge in [-0.15, -0.1) is 0 Å². The van der Waals surface area contributed by atoms with Crippen molar-refractivity contribution in [3.8, 4) is 5.75 Å². The maximum absolute atomic E-state index is 8.57. The predicted octanol–water partition coefficient (Wildman–Crippen LogP) is 3.31. The summed E-state index contributed by atoms with van der Waals surface area (Å²) in [7, 11) is 2.06. The molecule has 3 rings (SSSR count). The SMILES string of the molecule is CN1CCOc2ccc(C(=N)C3=C(N)CC(C)(C)CC3)cc21. The Bertz CT molecular complexity index is 646. The van der Waals surface area contributed by atoms with Crippen LogP contribution in [0.3, 0.4) is 0 Å². The van der Waals surface area contributed by atoms with Crippen molar-refractivity contribution < 1.29 is 4.74 Å². The third-order valence-electron chi connectivity index (χ3n) is 4.75. The quantitative estimate of drug-likeness (QED) is 0.824. The fourth-order valence-electron chi connectivity index (χ4n) is 3.30. The van der Waals surface area contributed by atoms with Gasteiger partial charge in [0.25, 0.3) is 0 Å². The van der Waals surface area contributed by atoms with Crippen molar-refractivity contribution in [1.82, 2.24) is 0 Å². The first-order chi connectivity index (χ1) is 10.4. The highest BCUT2D eigenvalue weighted by atomic mass is 16.5. The molecule has 2 aliphatic rings. The van der Waals surface area contributed by atoms with Crippen LogP contribution >= 0.6 is 0 Å². The van der Waals surface area contributed by atoms with Crippen molar-refractivity contribution >= 4 is 11.4 Å². The molecular formula is C18H25N3O. The summed E-state index contributed by atoms with van der Waals surface area (Å²) in [6, 6.07) is 6.00. The Kier molecular flexibility index (Phi) is 3.63. The lowest BCUT2D eigenvalue weighted by Crippen LogP contribution is -2.29. The van der Waals surface area contributed by atoms with Gasteiger partial charge in [-0.25, -0.2) is 0 Å². The Labute approximate surface area is 132 Å². The van der Waals surface area contributed by atoms with E-state index >= 15 is 0 Å². The van der Waals surface area contributed by atoms with Crippen molar-refractivity contribution in [3.05, 3.63) is 35.0 Å². The smallest absolute Gasteiger partial charge is 0.142 e. The molecule has 0 unspecified atom stereocenters. The molecule has 0 spiro atoms. The van der Waals surface area contributed by atoms with Crippen molar-refractivity contribution in [1.29, 1.82) is 5.41 Å². The van der Waals surface area contributed by atoms with E-state index in [-0.39, 0.29) is 5.41 Å². The number of nitrogens with one attached hydrogen (secondary N) is 1. The number of likely N-dealkylation sites (N-methyl/N-ethyl adjacent to an activating group) is 1. The summed E-state index contributed by atoms with van der Waals surface area (Å²) >= 11 is 0. The Hall–Kier alpha value is -1.97. The second-order valence-corrected chi connectivity index (χ2v) is 7.17. The molecular weight excluding hydrogens is 274 g/mol. The lowest BCUT2D eigenvalue weighted by molar-refractivity contribution is 0.311. The minimum absolute atomic E-state index is 0.248. The molecule has 1 aliphatic carbocycles. The summed E-state index contributed by atoms with van der Waals surface area (Å²) in [5, 5.41) is 8.57. The van der Waals surface area contributed by atoms with Crippen LogP contribution < -0.4 is 15.4 Å². The van der Waals surface area contributed by atoms with Crippen molar-refractivity contribution in [2.45, 2.75) is 33.1 Å². The minimum Gasteiger partial charge on any atom is -0.490 e. The van der Waals surface area contributed by atoms with E-state index in [9.17, 15) is 0 Å². The molecule has 1 aromatic rings. The highest BCUT2D eigenvalue weighted by Crippen LogP contribution is 2.38. The first-order valence-corrected chi connectivity index (χ1v) is 7.92. The maximum atomic E-state index is 8.57. The number of fused-ring (bicyclic) bond motifs is 1. The average molecular weight is 299 g/mol. The molecule has 0 saturated heterocycles. The van der Waals surface area contributed by atoms with Crippen LogP contribution in [0.1, 0.15) is 38.7 Å². The normalized spacial score (nSPS) is 20.4. The number of benzene rings is 1. The third kappa shape index (κ3) is 2.70. The van der Waals surface area contributed by atoms with Gasteiger partial charge in [0.2, 0.25) is 0 Å². The molecule has 0 aromatic heterocycles. The largest absolute Gasteiger partial charge is 0.490 e. The maximum Gasteiger partial charge on any atom is 0.142 e. The van der Waals surface area contributed by atoms with E-state index in [4.69, 9.17) is 15.9 Å². The van der Waals surface area contributed by atoms with Gasteiger partial charge in [0.1, 0.15) is 12.4 Å². The van der Waals surface area contributed by atoms with Crippen LogP contribution in [0, 0.1) is 10.8 Å². The van der Waals surface area contributed by atoms with E-state index in [1.165, 1.54) is 0 Å². The van der Waals surface area contributed by atoms with Crippen LogP contribution in [0.5, 0.6) is 5.75 Å². The van der Waals surface area contributed by atoms with E-state index in [0.717, 1.165) is 54.1 Å². The van der Waals surface area contributed by atoms with E-state index < -0.39 is 0 Å². The van der Waals surface area contributed by atoms with Crippen molar-refractivity contribution in [2.24, 2.45) is 11.1 Å². The number of rotatable bonds is 2. The number of hydrogen-bond acceptors (Lipinski definition) is 4. The molecule has 22 heavy (non-hydrogen) atoms. The zero-order valence-electron chi connectivity index (χ0n) is 13.7. The highest BCUT2D eigenvalue weighted by molar-refractivity contribution is 6.11. The Balaban J connectivity index is 1.92. The van der Waals surface area contributed by atoms with Crippen LogP contribution in [0.25, 0.3) is 0 Å². The third-order valence-corrected chi connectivity index (χ3v) is 4.75. The molecule has 4 heteroatoms. The molecule has 118 valence electrons. The number of nitrogens with two attached hydrogens (primary N) is 1. The number of ether oxygens (including phenoxy) is 1. The second-order valence-electron chi connectivity index (χ2n) is 7.17. The van der Waals surface area contributed by atoms with Crippen LogP contribution in [-0.4, -0.2) is 25.9 Å². The summed E-state index contributed by atoms with van der Waals surface area (Å²) in [5.41, 5.74) is 10.9. The van der Waals surface area contributed by atoms with Gasteiger partial charge in [-0.05, 0) is 48.4 Å². The van der Waals surface area contributed by atoms with Gasteiger partial charge in [-0.2, -0.15) is 0 Å². The Morgan fingerprint density at radius 2 is 2.14 bits per heavy atom. The lowest BCUT2D eigenvalue weighted by Gasteiger charge is -2.32. The topological polar surface area (TPSA) is 62.3 Å². The van der Waals surface area contributed by atoms with Gasteiger partial charge in [0.15, 0.2) is 0 Å². The van der Waals surface area contributed by atoms with Gasteiger partial charge < -0.3 is 15.4 Å². The van der Waals surface area contributed by atoms with Crippen molar-refractivity contribution in [3.63, 3.8) is 0 Å². The molecule has 1 aliphatic heterocycles. The summed E-state index contributed by atoms with van der Waals surface area (Å²) < 4.78 is 5.67. The predicted molar refractivity (Wildman–Crippen MR) is 90.9 cm³/mol. The summed E-state index contributed by atoms with van der Waals surface area (Å²) in [5.74, 6) is 0.900. The summed E-state index contributed by atoms with van der Waals surface area (Å²) in [6.45, 7) is 6.08. The van der Waals surface area contributed by atoms with E-state index in [1.54, 1.807) is 0 Å². The van der Waals surface area contributed by atoms with Gasteiger partial charge in [0, 0.05) is 18.3 Å². The minimum atomic E-state index is 0.248. The highest BCUT2D eigenvalue weighted by Gasteiger charge is 2.28. The van der Waals surface area contributed by atoms with E-state index in [1.807, 2.05) is 12.1 Å². The zero-order chi connectivity index (χ0) is 15.9. The molecule has 0 fully saturated rings. The molecule has 0 amide bonds. The van der Waals surface area contributed by atoms with E-state index in [0.29, 0.717) is 12.3 Å².